The van der Waals surface area contributed by atoms with Gasteiger partial charge in [-0.25, -0.2) is 0 Å². The van der Waals surface area contributed by atoms with E-state index >= 15 is 0 Å². The van der Waals surface area contributed by atoms with Gasteiger partial charge in [-0.2, -0.15) is 0 Å². The van der Waals surface area contributed by atoms with E-state index in [9.17, 15) is 4.79 Å². The van der Waals surface area contributed by atoms with Crippen molar-refractivity contribution in [3.8, 4) is 5.75 Å². The van der Waals surface area contributed by atoms with E-state index in [-0.39, 0.29) is 0 Å². The summed E-state index contributed by atoms with van der Waals surface area (Å²) in [5.41, 5.74) is 8.13. The maximum absolute atomic E-state index is 11.6. The Hall–Kier alpha value is -1.71. The quantitative estimate of drug-likeness (QED) is 0.887. The molecule has 1 aromatic carbocycles. The first kappa shape index (κ1) is 13.7. The summed E-state index contributed by atoms with van der Waals surface area (Å²) < 4.78 is 5.83. The molecule has 1 aliphatic rings. The summed E-state index contributed by atoms with van der Waals surface area (Å²) in [7, 11) is 0. The number of primary amides is 1. The molecule has 4 nitrogen and oxygen atoms in total. The molecule has 2 N–H and O–H groups in total. The number of aryl methyl sites for hydroxylation is 1. The molecule has 1 amide bonds. The molecule has 1 aromatic rings. The Labute approximate surface area is 114 Å². The van der Waals surface area contributed by atoms with Gasteiger partial charge in [-0.1, -0.05) is 13.0 Å². The highest BCUT2D eigenvalue weighted by Crippen LogP contribution is 2.37. The van der Waals surface area contributed by atoms with Crippen LogP contribution in [0.25, 0.3) is 0 Å². The van der Waals surface area contributed by atoms with Gasteiger partial charge in [0.05, 0.1) is 17.9 Å². The van der Waals surface area contributed by atoms with Crippen LogP contribution in [-0.2, 0) is 0 Å². The van der Waals surface area contributed by atoms with E-state index in [1.54, 1.807) is 6.07 Å². The minimum absolute atomic E-state index is 0.424. The molecule has 1 heterocycles. The Kier molecular flexibility index (Phi) is 4.30. The molecule has 19 heavy (non-hydrogen) atoms. The first-order valence-electron chi connectivity index (χ1n) is 6.96. The lowest BCUT2D eigenvalue weighted by molar-refractivity contribution is 0.0996. The van der Waals surface area contributed by atoms with Crippen molar-refractivity contribution < 1.29 is 9.53 Å². The van der Waals surface area contributed by atoms with Crippen molar-refractivity contribution >= 4 is 11.6 Å². The van der Waals surface area contributed by atoms with Crippen LogP contribution >= 0.6 is 0 Å². The van der Waals surface area contributed by atoms with Gasteiger partial charge in [0.2, 0.25) is 0 Å². The molecule has 0 aromatic heterocycles. The number of carbonyl (C=O) groups excluding carboxylic acids is 1. The van der Waals surface area contributed by atoms with E-state index in [0.717, 1.165) is 30.8 Å². The van der Waals surface area contributed by atoms with Gasteiger partial charge in [0, 0.05) is 13.1 Å². The molecular weight excluding hydrogens is 240 g/mol. The Morgan fingerprint density at radius 3 is 2.63 bits per heavy atom. The van der Waals surface area contributed by atoms with Crippen LogP contribution < -0.4 is 15.4 Å². The van der Waals surface area contributed by atoms with Gasteiger partial charge in [-0.05, 0) is 37.8 Å². The highest BCUT2D eigenvalue weighted by Gasteiger charge is 2.23. The molecule has 104 valence electrons. The van der Waals surface area contributed by atoms with E-state index < -0.39 is 5.91 Å². The van der Waals surface area contributed by atoms with Gasteiger partial charge in [0.1, 0.15) is 0 Å². The van der Waals surface area contributed by atoms with Gasteiger partial charge in [-0.15, -0.1) is 0 Å². The second-order valence-corrected chi connectivity index (χ2v) is 5.01. The average molecular weight is 262 g/mol. The van der Waals surface area contributed by atoms with Crippen molar-refractivity contribution in [2.45, 2.75) is 33.1 Å². The molecule has 0 aliphatic carbocycles. The Morgan fingerprint density at radius 1 is 1.37 bits per heavy atom. The zero-order valence-electron chi connectivity index (χ0n) is 11.7. The smallest absolute Gasteiger partial charge is 0.252 e. The van der Waals surface area contributed by atoms with Crippen LogP contribution in [0.5, 0.6) is 5.75 Å². The fourth-order valence-electron chi connectivity index (χ4n) is 2.55. The second kappa shape index (κ2) is 5.95. The van der Waals surface area contributed by atoms with Gasteiger partial charge >= 0.3 is 0 Å². The number of rotatable bonds is 5. The zero-order valence-corrected chi connectivity index (χ0v) is 11.7. The maximum Gasteiger partial charge on any atom is 0.252 e. The van der Waals surface area contributed by atoms with Gasteiger partial charge < -0.3 is 15.4 Å². The van der Waals surface area contributed by atoms with Crippen LogP contribution in [-0.4, -0.2) is 25.6 Å². The van der Waals surface area contributed by atoms with E-state index in [4.69, 9.17) is 10.5 Å². The molecular formula is C15H22N2O2. The van der Waals surface area contributed by atoms with E-state index in [2.05, 4.69) is 18.7 Å². The molecule has 0 bridgehead atoms. The zero-order chi connectivity index (χ0) is 13.8. The van der Waals surface area contributed by atoms with Crippen LogP contribution in [0.4, 0.5) is 5.69 Å². The van der Waals surface area contributed by atoms with Gasteiger partial charge in [0.25, 0.3) is 5.91 Å². The van der Waals surface area contributed by atoms with Crippen LogP contribution in [0.3, 0.4) is 0 Å². The third kappa shape index (κ3) is 2.83. The normalized spacial score (nSPS) is 14.7. The average Bonchev–Trinajstić information content (AvgIpc) is 2.89. The number of hydrogen-bond donors (Lipinski definition) is 1. The van der Waals surface area contributed by atoms with Crippen molar-refractivity contribution in [3.05, 3.63) is 23.3 Å². The van der Waals surface area contributed by atoms with E-state index in [1.165, 1.54) is 12.8 Å². The predicted octanol–water partition coefficient (Wildman–Crippen LogP) is 2.48. The number of benzene rings is 1. The SMILES string of the molecule is CCCOc1c(C(N)=O)ccc(C)c1N1CCCC1. The topological polar surface area (TPSA) is 55.6 Å². The first-order valence-corrected chi connectivity index (χ1v) is 6.96. The molecule has 0 unspecified atom stereocenters. The highest BCUT2D eigenvalue weighted by molar-refractivity contribution is 5.98. The summed E-state index contributed by atoms with van der Waals surface area (Å²) in [6, 6.07) is 3.72. The summed E-state index contributed by atoms with van der Waals surface area (Å²) in [6.45, 7) is 6.74. The summed E-state index contributed by atoms with van der Waals surface area (Å²) in [4.78, 5) is 13.9. The van der Waals surface area contributed by atoms with Gasteiger partial charge in [0.15, 0.2) is 5.75 Å². The first-order chi connectivity index (χ1) is 9.15. The number of amides is 1. The minimum atomic E-state index is -0.424. The van der Waals surface area contributed by atoms with Crippen molar-refractivity contribution in [3.63, 3.8) is 0 Å². The van der Waals surface area contributed by atoms with Gasteiger partial charge in [-0.3, -0.25) is 4.79 Å². The fraction of sp³-hybridized carbons (Fsp3) is 0.533. The van der Waals surface area contributed by atoms with Crippen molar-refractivity contribution in [2.75, 3.05) is 24.6 Å². The number of anilines is 1. The largest absolute Gasteiger partial charge is 0.491 e. The lowest BCUT2D eigenvalue weighted by atomic mass is 10.1. The van der Waals surface area contributed by atoms with Crippen LogP contribution in [0, 0.1) is 6.92 Å². The number of nitrogens with zero attached hydrogens (tertiary/aromatic N) is 1. The number of nitrogens with two attached hydrogens (primary N) is 1. The van der Waals surface area contributed by atoms with E-state index in [0.29, 0.717) is 17.9 Å². The molecule has 0 atom stereocenters. The number of carbonyl (C=O) groups is 1. The Bertz CT molecular complexity index is 465. The molecule has 0 radical (unpaired) electrons. The summed E-state index contributed by atoms with van der Waals surface area (Å²) in [6.07, 6.45) is 3.28. The Morgan fingerprint density at radius 2 is 2.05 bits per heavy atom. The molecule has 1 aliphatic heterocycles. The van der Waals surface area contributed by atoms with Crippen molar-refractivity contribution in [1.29, 1.82) is 0 Å². The molecule has 0 saturated carbocycles. The second-order valence-electron chi connectivity index (χ2n) is 5.01. The molecule has 1 fully saturated rings. The summed E-state index contributed by atoms with van der Waals surface area (Å²) >= 11 is 0. The monoisotopic (exact) mass is 262 g/mol. The molecule has 1 saturated heterocycles. The van der Waals surface area contributed by atoms with Crippen LogP contribution in [0.2, 0.25) is 0 Å². The Balaban J connectivity index is 2.47. The number of ether oxygens (including phenoxy) is 1. The third-order valence-corrected chi connectivity index (χ3v) is 3.47. The lowest BCUT2D eigenvalue weighted by Gasteiger charge is -2.25. The van der Waals surface area contributed by atoms with Crippen molar-refractivity contribution in [1.82, 2.24) is 0 Å². The van der Waals surface area contributed by atoms with Crippen LogP contribution in [0.15, 0.2) is 12.1 Å². The predicted molar refractivity (Wildman–Crippen MR) is 76.9 cm³/mol. The van der Waals surface area contributed by atoms with E-state index in [1.807, 2.05) is 6.07 Å². The lowest BCUT2D eigenvalue weighted by Crippen LogP contribution is -2.22. The van der Waals surface area contributed by atoms with Crippen molar-refractivity contribution in [2.24, 2.45) is 5.73 Å². The summed E-state index contributed by atoms with van der Waals surface area (Å²) in [5.74, 6) is 0.239. The minimum Gasteiger partial charge on any atom is -0.491 e. The highest BCUT2D eigenvalue weighted by atomic mass is 16.5. The van der Waals surface area contributed by atoms with Crippen LogP contribution in [0.1, 0.15) is 42.1 Å². The number of hydrogen-bond acceptors (Lipinski definition) is 3. The molecule has 0 spiro atoms. The molecule has 2 rings (SSSR count). The summed E-state index contributed by atoms with van der Waals surface area (Å²) in [5, 5.41) is 0. The third-order valence-electron chi connectivity index (χ3n) is 3.47. The standard InChI is InChI=1S/C15H22N2O2/c1-3-10-19-14-12(15(16)18)7-6-11(2)13(14)17-8-4-5-9-17/h6-7H,3-5,8-10H2,1-2H3,(H2,16,18). The maximum atomic E-state index is 11.6. The molecule has 4 heteroatoms. The fourth-order valence-corrected chi connectivity index (χ4v) is 2.55.